The van der Waals surface area contributed by atoms with Crippen LogP contribution in [0, 0.1) is 5.82 Å². The molecule has 3 nitrogen and oxygen atoms in total. The Morgan fingerprint density at radius 2 is 2.14 bits per heavy atom. The number of hydrogen-bond donors (Lipinski definition) is 1. The number of nitrogens with zero attached hydrogens (tertiary/aromatic N) is 2. The molecule has 0 aliphatic rings. The molecule has 0 spiro atoms. The Morgan fingerprint density at radius 3 is 2.76 bits per heavy atom. The molecule has 114 valence electrons. The quantitative estimate of drug-likeness (QED) is 0.840. The van der Waals surface area contributed by atoms with Crippen LogP contribution in [0.15, 0.2) is 34.9 Å². The number of likely N-dealkylation sites (N-methyl/N-ethyl adjacent to an activating group) is 1. The molecule has 1 N–H and O–H groups in total. The van der Waals surface area contributed by atoms with E-state index in [1.54, 1.807) is 12.1 Å². The predicted molar refractivity (Wildman–Crippen MR) is 86.8 cm³/mol. The van der Waals surface area contributed by atoms with Crippen molar-refractivity contribution in [2.45, 2.75) is 39.3 Å². The van der Waals surface area contributed by atoms with Gasteiger partial charge in [-0.1, -0.05) is 19.1 Å². The molecule has 5 heteroatoms. The van der Waals surface area contributed by atoms with Gasteiger partial charge in [-0.2, -0.15) is 5.10 Å². The van der Waals surface area contributed by atoms with E-state index in [4.69, 9.17) is 0 Å². The van der Waals surface area contributed by atoms with E-state index in [9.17, 15) is 4.39 Å². The lowest BCUT2D eigenvalue weighted by Crippen LogP contribution is -2.26. The van der Waals surface area contributed by atoms with Crippen molar-refractivity contribution in [1.29, 1.82) is 0 Å². The van der Waals surface area contributed by atoms with Gasteiger partial charge in [-0.3, -0.25) is 4.68 Å². The van der Waals surface area contributed by atoms with Crippen molar-refractivity contribution in [3.8, 4) is 0 Å². The van der Waals surface area contributed by atoms with Gasteiger partial charge < -0.3 is 5.32 Å². The highest BCUT2D eigenvalue weighted by atomic mass is 79.9. The van der Waals surface area contributed by atoms with E-state index in [0.717, 1.165) is 28.7 Å². The molecule has 0 saturated heterocycles. The largest absolute Gasteiger partial charge is 0.309 e. The molecular formula is C16H21BrFN3. The summed E-state index contributed by atoms with van der Waals surface area (Å²) in [6.07, 6.45) is 2.55. The smallest absolute Gasteiger partial charge is 0.123 e. The molecule has 1 atom stereocenters. The van der Waals surface area contributed by atoms with Gasteiger partial charge in [0.2, 0.25) is 0 Å². The zero-order valence-electron chi connectivity index (χ0n) is 12.6. The third-order valence-electron chi connectivity index (χ3n) is 3.39. The fraction of sp³-hybridized carbons (Fsp3) is 0.438. The van der Waals surface area contributed by atoms with Crippen LogP contribution in [-0.2, 0) is 6.42 Å². The Kier molecular flexibility index (Phi) is 5.53. The normalized spacial score (nSPS) is 12.9. The maximum atomic E-state index is 13.4. The summed E-state index contributed by atoms with van der Waals surface area (Å²) in [5.41, 5.74) is 2.08. The lowest BCUT2D eigenvalue weighted by atomic mass is 10.0. The lowest BCUT2D eigenvalue weighted by molar-refractivity contribution is 0.446. The first-order chi connectivity index (χ1) is 10.0. The predicted octanol–water partition coefficient (Wildman–Crippen LogP) is 4.26. The fourth-order valence-electron chi connectivity index (χ4n) is 2.50. The van der Waals surface area contributed by atoms with Crippen LogP contribution >= 0.6 is 15.9 Å². The van der Waals surface area contributed by atoms with Crippen LogP contribution in [0.4, 0.5) is 4.39 Å². The van der Waals surface area contributed by atoms with Gasteiger partial charge in [0.05, 0.1) is 22.4 Å². The number of rotatable bonds is 6. The molecule has 1 aromatic heterocycles. The Labute approximate surface area is 133 Å². The number of benzene rings is 1. The van der Waals surface area contributed by atoms with Crippen LogP contribution < -0.4 is 5.32 Å². The van der Waals surface area contributed by atoms with Crippen molar-refractivity contribution >= 4 is 15.9 Å². The molecule has 0 radical (unpaired) electrons. The Balaban J connectivity index is 2.33. The number of nitrogens with one attached hydrogen (secondary N) is 1. The van der Waals surface area contributed by atoms with Crippen molar-refractivity contribution in [3.05, 3.63) is 52.0 Å². The van der Waals surface area contributed by atoms with Crippen molar-refractivity contribution in [3.63, 3.8) is 0 Å². The van der Waals surface area contributed by atoms with Gasteiger partial charge >= 0.3 is 0 Å². The van der Waals surface area contributed by atoms with Crippen LogP contribution in [0.25, 0.3) is 0 Å². The summed E-state index contributed by atoms with van der Waals surface area (Å²) in [5.74, 6) is -0.195. The van der Waals surface area contributed by atoms with Gasteiger partial charge in [0.1, 0.15) is 5.82 Å². The zero-order chi connectivity index (χ0) is 15.4. The Hall–Kier alpha value is -1.20. The SMILES string of the molecule is CCNC(Cc1cccc(F)c1)c1c(Br)cnn1C(C)C. The van der Waals surface area contributed by atoms with E-state index >= 15 is 0 Å². The van der Waals surface area contributed by atoms with Gasteiger partial charge in [-0.05, 0) is 60.4 Å². The first-order valence-electron chi connectivity index (χ1n) is 7.23. The van der Waals surface area contributed by atoms with Gasteiger partial charge in [0, 0.05) is 6.04 Å². The topological polar surface area (TPSA) is 29.9 Å². The van der Waals surface area contributed by atoms with E-state index in [1.165, 1.54) is 6.07 Å². The second-order valence-electron chi connectivity index (χ2n) is 5.36. The maximum Gasteiger partial charge on any atom is 0.123 e. The highest BCUT2D eigenvalue weighted by Crippen LogP contribution is 2.28. The molecule has 21 heavy (non-hydrogen) atoms. The van der Waals surface area contributed by atoms with Crippen molar-refractivity contribution in [2.75, 3.05) is 6.54 Å². The van der Waals surface area contributed by atoms with Gasteiger partial charge in [-0.15, -0.1) is 0 Å². The fourth-order valence-corrected chi connectivity index (χ4v) is 3.05. The molecule has 2 rings (SSSR count). The van der Waals surface area contributed by atoms with Crippen LogP contribution in [-0.4, -0.2) is 16.3 Å². The lowest BCUT2D eigenvalue weighted by Gasteiger charge is -2.22. The van der Waals surface area contributed by atoms with E-state index in [-0.39, 0.29) is 17.9 Å². The van der Waals surface area contributed by atoms with Crippen LogP contribution in [0.3, 0.4) is 0 Å². The number of aromatic nitrogens is 2. The molecule has 2 aromatic rings. The second-order valence-corrected chi connectivity index (χ2v) is 6.21. The minimum atomic E-state index is -0.195. The standard InChI is InChI=1S/C16H21BrFN3/c1-4-19-15(9-12-6-5-7-13(18)8-12)16-14(17)10-20-21(16)11(2)3/h5-8,10-11,15,19H,4,9H2,1-3H3. The minimum absolute atomic E-state index is 0.0936. The molecule has 1 heterocycles. The maximum absolute atomic E-state index is 13.4. The second kappa shape index (κ2) is 7.18. The molecule has 0 aliphatic carbocycles. The molecule has 1 aromatic carbocycles. The average Bonchev–Trinajstić information content (AvgIpc) is 2.80. The Morgan fingerprint density at radius 1 is 1.38 bits per heavy atom. The highest BCUT2D eigenvalue weighted by Gasteiger charge is 2.21. The van der Waals surface area contributed by atoms with Crippen molar-refractivity contribution in [1.82, 2.24) is 15.1 Å². The van der Waals surface area contributed by atoms with E-state index < -0.39 is 0 Å². The first kappa shape index (κ1) is 16.2. The Bertz CT molecular complexity index is 595. The van der Waals surface area contributed by atoms with Crippen LogP contribution in [0.2, 0.25) is 0 Å². The molecule has 0 fully saturated rings. The average molecular weight is 354 g/mol. The molecule has 0 bridgehead atoms. The highest BCUT2D eigenvalue weighted by molar-refractivity contribution is 9.10. The first-order valence-corrected chi connectivity index (χ1v) is 8.03. The van der Waals surface area contributed by atoms with Crippen LogP contribution in [0.1, 0.15) is 44.1 Å². The molecule has 1 unspecified atom stereocenters. The number of halogens is 2. The molecule has 0 amide bonds. The molecular weight excluding hydrogens is 333 g/mol. The summed E-state index contributed by atoms with van der Waals surface area (Å²) < 4.78 is 16.4. The van der Waals surface area contributed by atoms with Gasteiger partial charge in [0.15, 0.2) is 0 Å². The minimum Gasteiger partial charge on any atom is -0.309 e. The summed E-state index contributed by atoms with van der Waals surface area (Å²) >= 11 is 3.59. The summed E-state index contributed by atoms with van der Waals surface area (Å²) in [4.78, 5) is 0. The molecule has 0 saturated carbocycles. The zero-order valence-corrected chi connectivity index (χ0v) is 14.2. The van der Waals surface area contributed by atoms with E-state index in [1.807, 2.05) is 16.9 Å². The summed E-state index contributed by atoms with van der Waals surface area (Å²) in [6, 6.07) is 7.14. The van der Waals surface area contributed by atoms with Crippen LogP contribution in [0.5, 0.6) is 0 Å². The van der Waals surface area contributed by atoms with Gasteiger partial charge in [0.25, 0.3) is 0 Å². The van der Waals surface area contributed by atoms with E-state index in [0.29, 0.717) is 0 Å². The van der Waals surface area contributed by atoms with Gasteiger partial charge in [-0.25, -0.2) is 4.39 Å². The summed E-state index contributed by atoms with van der Waals surface area (Å²) in [6.45, 7) is 7.13. The monoisotopic (exact) mass is 353 g/mol. The third kappa shape index (κ3) is 3.92. The van der Waals surface area contributed by atoms with Crippen molar-refractivity contribution < 1.29 is 4.39 Å². The summed E-state index contributed by atoms with van der Waals surface area (Å²) in [5, 5.41) is 7.91. The third-order valence-corrected chi connectivity index (χ3v) is 4.00. The summed E-state index contributed by atoms with van der Waals surface area (Å²) in [7, 11) is 0. The van der Waals surface area contributed by atoms with E-state index in [2.05, 4.69) is 47.1 Å². The number of hydrogen-bond acceptors (Lipinski definition) is 2. The van der Waals surface area contributed by atoms with Crippen molar-refractivity contribution in [2.24, 2.45) is 0 Å². The molecule has 0 aliphatic heterocycles.